The molecule has 0 saturated carbocycles. The second-order valence-electron chi connectivity index (χ2n) is 3.35. The van der Waals surface area contributed by atoms with Gasteiger partial charge in [-0.2, -0.15) is 0 Å². The van der Waals surface area contributed by atoms with Crippen LogP contribution in [0.1, 0.15) is 17.3 Å². The van der Waals surface area contributed by atoms with E-state index in [-0.39, 0.29) is 17.0 Å². The fourth-order valence-electron chi connectivity index (χ4n) is 1.23. The van der Waals surface area contributed by atoms with Crippen LogP contribution in [0.25, 0.3) is 0 Å². The Labute approximate surface area is 103 Å². The number of hydrogen-bond donors (Lipinski definition) is 0. The van der Waals surface area contributed by atoms with Crippen molar-refractivity contribution < 1.29 is 23.9 Å². The van der Waals surface area contributed by atoms with Crippen LogP contribution in [0.4, 0.5) is 5.69 Å². The lowest BCUT2D eigenvalue weighted by Crippen LogP contribution is -2.16. The molecule has 98 valence electrons. The van der Waals surface area contributed by atoms with Crippen LogP contribution < -0.4 is 4.74 Å². The topological polar surface area (TPSA) is 87.9 Å². The molecule has 0 amide bonds. The molecule has 0 fully saturated rings. The smallest absolute Gasteiger partial charge is 0.341 e. The Morgan fingerprint density at radius 1 is 1.39 bits per heavy atom. The van der Waals surface area contributed by atoms with E-state index in [4.69, 9.17) is 9.47 Å². The average Bonchev–Trinajstić information content (AvgIpc) is 2.37. The predicted octanol–water partition coefficient (Wildman–Crippen LogP) is 1.75. The van der Waals surface area contributed by atoms with E-state index >= 15 is 0 Å². The van der Waals surface area contributed by atoms with Crippen LogP contribution in [0, 0.1) is 10.1 Å². The summed E-state index contributed by atoms with van der Waals surface area (Å²) in [6.45, 7) is 1.60. The quantitative estimate of drug-likeness (QED) is 0.344. The van der Waals surface area contributed by atoms with Crippen LogP contribution in [0.15, 0.2) is 18.2 Å². The fourth-order valence-corrected chi connectivity index (χ4v) is 1.23. The van der Waals surface area contributed by atoms with E-state index in [0.29, 0.717) is 0 Å². The molecule has 0 saturated heterocycles. The number of esters is 1. The van der Waals surface area contributed by atoms with E-state index in [1.165, 1.54) is 26.4 Å². The van der Waals surface area contributed by atoms with Gasteiger partial charge in [0.05, 0.1) is 18.1 Å². The van der Waals surface area contributed by atoms with Crippen LogP contribution in [-0.4, -0.2) is 31.4 Å². The van der Waals surface area contributed by atoms with E-state index in [2.05, 4.69) is 4.74 Å². The van der Waals surface area contributed by atoms with Gasteiger partial charge in [-0.05, 0) is 13.0 Å². The van der Waals surface area contributed by atoms with Crippen LogP contribution in [0.3, 0.4) is 0 Å². The van der Waals surface area contributed by atoms with Crippen LogP contribution in [0.5, 0.6) is 5.75 Å². The van der Waals surface area contributed by atoms with Gasteiger partial charge in [0, 0.05) is 13.2 Å². The average molecular weight is 255 g/mol. The largest absolute Gasteiger partial charge is 0.465 e. The third-order valence-electron chi connectivity index (χ3n) is 2.21. The molecule has 0 aliphatic heterocycles. The van der Waals surface area contributed by atoms with Crippen LogP contribution in [-0.2, 0) is 9.47 Å². The number of hydrogen-bond acceptors (Lipinski definition) is 6. The highest BCUT2D eigenvalue weighted by Gasteiger charge is 2.19. The number of benzene rings is 1. The van der Waals surface area contributed by atoms with Gasteiger partial charge in [-0.15, -0.1) is 0 Å². The molecular formula is C11H13NO6. The SMILES string of the molecule is COC(=O)c1ccc([N+](=O)[O-])cc1OC(C)OC. The highest BCUT2D eigenvalue weighted by molar-refractivity contribution is 5.92. The van der Waals surface area contributed by atoms with Gasteiger partial charge < -0.3 is 14.2 Å². The van der Waals surface area contributed by atoms with Gasteiger partial charge in [0.15, 0.2) is 6.29 Å². The van der Waals surface area contributed by atoms with E-state index in [9.17, 15) is 14.9 Å². The molecule has 0 spiro atoms. The van der Waals surface area contributed by atoms with E-state index in [0.717, 1.165) is 6.07 Å². The van der Waals surface area contributed by atoms with Gasteiger partial charge in [-0.25, -0.2) is 4.79 Å². The van der Waals surface area contributed by atoms with Gasteiger partial charge in [0.2, 0.25) is 0 Å². The number of methoxy groups -OCH3 is 2. The van der Waals surface area contributed by atoms with Crippen molar-refractivity contribution in [2.45, 2.75) is 13.2 Å². The first-order chi connectivity index (χ1) is 8.49. The number of ether oxygens (including phenoxy) is 3. The highest BCUT2D eigenvalue weighted by atomic mass is 16.7. The van der Waals surface area contributed by atoms with Crippen molar-refractivity contribution in [1.82, 2.24) is 0 Å². The number of carbonyl (C=O) groups is 1. The standard InChI is InChI=1S/C11H13NO6/c1-7(16-2)18-10-6-8(12(14)15)4-5-9(10)11(13)17-3/h4-7H,1-3H3. The molecule has 1 aromatic carbocycles. The summed E-state index contributed by atoms with van der Waals surface area (Å²) < 4.78 is 14.7. The molecule has 18 heavy (non-hydrogen) atoms. The molecule has 7 heteroatoms. The maximum atomic E-state index is 11.5. The molecule has 1 aromatic rings. The summed E-state index contributed by atoms with van der Waals surface area (Å²) in [5.74, 6) is -0.589. The number of rotatable bonds is 5. The van der Waals surface area contributed by atoms with E-state index < -0.39 is 17.2 Å². The fraction of sp³-hybridized carbons (Fsp3) is 0.364. The number of nitro groups is 1. The minimum absolute atomic E-state index is 0.0467. The first-order valence-electron chi connectivity index (χ1n) is 5.05. The predicted molar refractivity (Wildman–Crippen MR) is 61.5 cm³/mol. The molecule has 0 aliphatic rings. The Kier molecular flexibility index (Phi) is 4.61. The van der Waals surface area contributed by atoms with Crippen molar-refractivity contribution in [3.63, 3.8) is 0 Å². The van der Waals surface area contributed by atoms with Crippen molar-refractivity contribution >= 4 is 11.7 Å². The maximum Gasteiger partial charge on any atom is 0.341 e. The first-order valence-corrected chi connectivity index (χ1v) is 5.05. The first kappa shape index (κ1) is 13.9. The molecule has 0 bridgehead atoms. The van der Waals surface area contributed by atoms with Crippen molar-refractivity contribution in [3.05, 3.63) is 33.9 Å². The maximum absolute atomic E-state index is 11.5. The number of carbonyl (C=O) groups excluding carboxylic acids is 1. The summed E-state index contributed by atoms with van der Waals surface area (Å²) in [4.78, 5) is 21.6. The lowest BCUT2D eigenvalue weighted by Gasteiger charge is -2.14. The molecule has 0 N–H and O–H groups in total. The number of non-ortho nitro benzene ring substituents is 1. The van der Waals surface area contributed by atoms with E-state index in [1.807, 2.05) is 0 Å². The zero-order chi connectivity index (χ0) is 13.7. The zero-order valence-corrected chi connectivity index (χ0v) is 10.2. The molecule has 0 aromatic heterocycles. The van der Waals surface area contributed by atoms with Gasteiger partial charge in [-0.3, -0.25) is 10.1 Å². The van der Waals surface area contributed by atoms with Crippen molar-refractivity contribution in [3.8, 4) is 5.75 Å². The normalized spacial score (nSPS) is 11.7. The van der Waals surface area contributed by atoms with E-state index in [1.54, 1.807) is 6.92 Å². The van der Waals surface area contributed by atoms with Crippen molar-refractivity contribution in [2.75, 3.05) is 14.2 Å². The molecule has 1 unspecified atom stereocenters. The Hall–Kier alpha value is -2.15. The van der Waals surface area contributed by atoms with Gasteiger partial charge in [0.1, 0.15) is 11.3 Å². The van der Waals surface area contributed by atoms with Gasteiger partial charge in [0.25, 0.3) is 5.69 Å². The van der Waals surface area contributed by atoms with Crippen LogP contribution in [0.2, 0.25) is 0 Å². The molecule has 7 nitrogen and oxygen atoms in total. The summed E-state index contributed by atoms with van der Waals surface area (Å²) in [5.41, 5.74) is -0.0760. The third kappa shape index (κ3) is 3.17. The van der Waals surface area contributed by atoms with Gasteiger partial charge >= 0.3 is 5.97 Å². The molecule has 1 rings (SSSR count). The second kappa shape index (κ2) is 5.97. The number of nitrogens with zero attached hydrogens (tertiary/aromatic N) is 1. The zero-order valence-electron chi connectivity index (χ0n) is 10.2. The summed E-state index contributed by atoms with van der Waals surface area (Å²) in [6, 6.07) is 3.64. The summed E-state index contributed by atoms with van der Waals surface area (Å²) in [7, 11) is 2.63. The molecular weight excluding hydrogens is 242 g/mol. The lowest BCUT2D eigenvalue weighted by molar-refractivity contribution is -0.385. The monoisotopic (exact) mass is 255 g/mol. The van der Waals surface area contributed by atoms with Crippen LogP contribution >= 0.6 is 0 Å². The Morgan fingerprint density at radius 2 is 2.06 bits per heavy atom. The molecule has 0 heterocycles. The molecule has 1 atom stereocenters. The summed E-state index contributed by atoms with van der Waals surface area (Å²) in [6.07, 6.45) is -0.643. The lowest BCUT2D eigenvalue weighted by atomic mass is 10.2. The minimum Gasteiger partial charge on any atom is -0.465 e. The van der Waals surface area contributed by atoms with Gasteiger partial charge in [-0.1, -0.05) is 0 Å². The van der Waals surface area contributed by atoms with Crippen molar-refractivity contribution in [1.29, 1.82) is 0 Å². The minimum atomic E-state index is -0.643. The summed E-state index contributed by atoms with van der Waals surface area (Å²) >= 11 is 0. The molecule has 0 aliphatic carbocycles. The second-order valence-corrected chi connectivity index (χ2v) is 3.35. The highest BCUT2D eigenvalue weighted by Crippen LogP contribution is 2.26. The number of nitro benzene ring substituents is 1. The van der Waals surface area contributed by atoms with Crippen molar-refractivity contribution in [2.24, 2.45) is 0 Å². The summed E-state index contributed by atoms with van der Waals surface area (Å²) in [5, 5.41) is 10.7. The molecule has 0 radical (unpaired) electrons. The Morgan fingerprint density at radius 3 is 2.56 bits per heavy atom. The Balaban J connectivity index is 3.17. The Bertz CT molecular complexity index is 459. The third-order valence-corrected chi connectivity index (χ3v) is 2.21.